The van der Waals surface area contributed by atoms with Gasteiger partial charge in [0.1, 0.15) is 17.4 Å². The summed E-state index contributed by atoms with van der Waals surface area (Å²) in [5.41, 5.74) is 6.41. The van der Waals surface area contributed by atoms with Gasteiger partial charge in [-0.2, -0.15) is 0 Å². The predicted molar refractivity (Wildman–Crippen MR) is 162 cm³/mol. The number of pyridine rings is 2. The number of carbonyl (C=O) groups excluding carboxylic acids is 2. The normalized spacial score (nSPS) is 12.4. The van der Waals surface area contributed by atoms with Gasteiger partial charge in [-0.25, -0.2) is 0 Å². The monoisotopic (exact) mass is 575 g/mol. The predicted octanol–water partition coefficient (Wildman–Crippen LogP) is 6.25. The largest absolute Gasteiger partial charge is 0.494 e. The van der Waals surface area contributed by atoms with Crippen LogP contribution in [0.1, 0.15) is 60.4 Å². The van der Waals surface area contributed by atoms with Gasteiger partial charge in [0, 0.05) is 47.8 Å². The summed E-state index contributed by atoms with van der Waals surface area (Å²) in [6, 6.07) is 3.75. The zero-order valence-corrected chi connectivity index (χ0v) is 25.5. The van der Waals surface area contributed by atoms with Gasteiger partial charge in [-0.15, -0.1) is 10.2 Å². The molecule has 10 heteroatoms. The lowest BCUT2D eigenvalue weighted by Gasteiger charge is -2.13. The lowest BCUT2D eigenvalue weighted by Crippen LogP contribution is -2.14. The average Bonchev–Trinajstić information content (AvgIpc) is 3.41. The number of nitrogens with one attached hydrogen (secondary N) is 1. The van der Waals surface area contributed by atoms with E-state index < -0.39 is 0 Å². The minimum absolute atomic E-state index is 0.0466. The molecule has 0 aromatic carbocycles. The number of rotatable bonds is 13. The van der Waals surface area contributed by atoms with Gasteiger partial charge in [-0.05, 0) is 58.2 Å². The minimum atomic E-state index is -0.336. The first-order chi connectivity index (χ1) is 19.7. The van der Waals surface area contributed by atoms with Crippen molar-refractivity contribution in [2.24, 2.45) is 0 Å². The maximum atomic E-state index is 13.4. The molecule has 41 heavy (non-hydrogen) atoms. The molecule has 0 aliphatic carbocycles. The summed E-state index contributed by atoms with van der Waals surface area (Å²) in [6.07, 6.45) is 11.1. The Labute approximate surface area is 245 Å². The Morgan fingerprint density at radius 1 is 1.02 bits per heavy atom. The molecule has 3 rings (SSSR count). The Hall–Kier alpha value is -4.02. The highest BCUT2D eigenvalue weighted by atomic mass is 32.1. The number of Topliss-reactive ketones (excluding diaryl/α,β-unsaturated/α-hetero) is 1. The summed E-state index contributed by atoms with van der Waals surface area (Å²) < 4.78 is 10.5. The molecule has 216 valence electrons. The number of nitrogens with zero attached hydrogens (tertiary/aromatic N) is 4. The Morgan fingerprint density at radius 2 is 1.73 bits per heavy atom. The zero-order chi connectivity index (χ0) is 29.9. The molecular formula is C31H37N5O4S. The van der Waals surface area contributed by atoms with Crippen molar-refractivity contribution in [3.05, 3.63) is 81.4 Å². The summed E-state index contributed by atoms with van der Waals surface area (Å²) in [5.74, 6) is 0.170. The third kappa shape index (κ3) is 8.48. The second-order valence-corrected chi connectivity index (χ2v) is 10.5. The number of hydrogen-bond acceptors (Lipinski definition) is 9. The second-order valence-electron chi connectivity index (χ2n) is 9.44. The highest BCUT2D eigenvalue weighted by Gasteiger charge is 2.19. The van der Waals surface area contributed by atoms with E-state index in [1.54, 1.807) is 25.6 Å². The molecule has 0 bridgehead atoms. The van der Waals surface area contributed by atoms with Crippen LogP contribution in [0.2, 0.25) is 0 Å². The zero-order valence-electron chi connectivity index (χ0n) is 24.7. The van der Waals surface area contributed by atoms with Gasteiger partial charge < -0.3 is 9.47 Å². The maximum absolute atomic E-state index is 13.4. The van der Waals surface area contributed by atoms with E-state index in [4.69, 9.17) is 9.47 Å². The van der Waals surface area contributed by atoms with E-state index in [1.165, 1.54) is 24.0 Å². The summed E-state index contributed by atoms with van der Waals surface area (Å²) in [6.45, 7) is 9.83. The van der Waals surface area contributed by atoms with Crippen LogP contribution in [0.25, 0.3) is 11.1 Å². The maximum Gasteiger partial charge on any atom is 0.259 e. The van der Waals surface area contributed by atoms with Crippen molar-refractivity contribution >= 4 is 28.2 Å². The number of aryl methyl sites for hydroxylation is 3. The average molecular weight is 576 g/mol. The molecule has 9 nitrogen and oxygen atoms in total. The van der Waals surface area contributed by atoms with Crippen LogP contribution in [0.5, 0.6) is 5.75 Å². The van der Waals surface area contributed by atoms with Crippen molar-refractivity contribution in [1.29, 1.82) is 0 Å². The van der Waals surface area contributed by atoms with Crippen LogP contribution in [0, 0.1) is 13.8 Å². The Kier molecular flexibility index (Phi) is 11.6. The lowest BCUT2D eigenvalue weighted by molar-refractivity contribution is -0.118. The van der Waals surface area contributed by atoms with Crippen LogP contribution < -0.4 is 10.1 Å². The fourth-order valence-electron chi connectivity index (χ4n) is 4.12. The third-order valence-corrected chi connectivity index (χ3v) is 7.44. The molecule has 3 heterocycles. The second kappa shape index (κ2) is 15.1. The molecule has 0 atom stereocenters. The van der Waals surface area contributed by atoms with Crippen LogP contribution in [0.15, 0.2) is 59.5 Å². The van der Waals surface area contributed by atoms with Crippen molar-refractivity contribution in [2.45, 2.75) is 53.9 Å². The first-order valence-corrected chi connectivity index (χ1v) is 14.2. The van der Waals surface area contributed by atoms with Crippen LogP contribution in [-0.4, -0.2) is 52.7 Å². The van der Waals surface area contributed by atoms with Crippen molar-refractivity contribution in [3.8, 4) is 16.9 Å². The van der Waals surface area contributed by atoms with E-state index in [0.29, 0.717) is 34.0 Å². The summed E-state index contributed by atoms with van der Waals surface area (Å²) in [7, 11) is 3.08. The van der Waals surface area contributed by atoms with Gasteiger partial charge in [-0.1, -0.05) is 42.1 Å². The van der Waals surface area contributed by atoms with Crippen LogP contribution in [0.4, 0.5) is 5.13 Å². The number of anilines is 1. The Balaban J connectivity index is 1.76. The number of ketones is 1. The highest BCUT2D eigenvalue weighted by Crippen LogP contribution is 2.33. The fraction of sp³-hybridized carbons (Fsp3) is 0.355. The van der Waals surface area contributed by atoms with Gasteiger partial charge in [0.05, 0.1) is 18.9 Å². The van der Waals surface area contributed by atoms with E-state index in [-0.39, 0.29) is 18.3 Å². The van der Waals surface area contributed by atoms with Crippen molar-refractivity contribution < 1.29 is 19.1 Å². The van der Waals surface area contributed by atoms with E-state index in [2.05, 4.69) is 39.3 Å². The summed E-state index contributed by atoms with van der Waals surface area (Å²) in [5, 5.41) is 12.6. The quantitative estimate of drug-likeness (QED) is 0.188. The molecule has 0 saturated heterocycles. The molecule has 0 aliphatic heterocycles. The standard InChI is InChI=1S/C31H37N5O4S/c1-8-19(3)23(11-10-22(9-2)27(37)18-39-6)12-13-29-35-36-31(41-29)34-30(38)26-16-32-20(4)14-24(26)25-15-21(5)33-17-28(25)40-7/h9-11,14-17H,8,12-13,18H2,1-7H3,(H,34,36,38)/b11-10-,22-9+,23-19+. The van der Waals surface area contributed by atoms with E-state index in [1.807, 2.05) is 45.1 Å². The number of carbonyl (C=O) groups is 2. The van der Waals surface area contributed by atoms with E-state index >= 15 is 0 Å². The number of methoxy groups -OCH3 is 2. The van der Waals surface area contributed by atoms with E-state index in [0.717, 1.165) is 40.4 Å². The molecule has 0 saturated carbocycles. The van der Waals surface area contributed by atoms with Gasteiger partial charge in [0.25, 0.3) is 5.91 Å². The Morgan fingerprint density at radius 3 is 2.39 bits per heavy atom. The molecule has 3 aromatic rings. The van der Waals surface area contributed by atoms with Crippen LogP contribution in [0.3, 0.4) is 0 Å². The molecule has 0 fully saturated rings. The topological polar surface area (TPSA) is 116 Å². The number of allylic oxidation sites excluding steroid dienone is 5. The van der Waals surface area contributed by atoms with Gasteiger partial charge in [-0.3, -0.25) is 24.9 Å². The third-order valence-electron chi connectivity index (χ3n) is 6.55. The summed E-state index contributed by atoms with van der Waals surface area (Å²) in [4.78, 5) is 34.2. The molecule has 3 aromatic heterocycles. The fourth-order valence-corrected chi connectivity index (χ4v) is 4.85. The number of aromatic nitrogens is 4. The van der Waals surface area contributed by atoms with Gasteiger partial charge >= 0.3 is 0 Å². The molecule has 1 amide bonds. The van der Waals surface area contributed by atoms with Gasteiger partial charge in [0.15, 0.2) is 5.78 Å². The molecule has 1 N–H and O–H groups in total. The van der Waals surface area contributed by atoms with E-state index in [9.17, 15) is 9.59 Å². The van der Waals surface area contributed by atoms with Crippen molar-refractivity contribution in [3.63, 3.8) is 0 Å². The number of hydrogen-bond donors (Lipinski definition) is 1. The first kappa shape index (κ1) is 31.5. The highest BCUT2D eigenvalue weighted by molar-refractivity contribution is 7.15. The molecule has 0 unspecified atom stereocenters. The first-order valence-electron chi connectivity index (χ1n) is 13.4. The SMILES string of the molecule is C\C=C(/C=C\C(CCc1nnc(NC(=O)c2cnc(C)cc2-c2cc(C)ncc2OC)s1)=C(\C)CC)C(=O)COC. The molecule has 0 spiro atoms. The number of amides is 1. The minimum Gasteiger partial charge on any atom is -0.494 e. The van der Waals surface area contributed by atoms with Gasteiger partial charge in [0.2, 0.25) is 5.13 Å². The lowest BCUT2D eigenvalue weighted by atomic mass is 9.99. The molecular weight excluding hydrogens is 538 g/mol. The van der Waals surface area contributed by atoms with Crippen molar-refractivity contribution in [1.82, 2.24) is 20.2 Å². The van der Waals surface area contributed by atoms with Crippen LogP contribution >= 0.6 is 11.3 Å². The molecule has 0 radical (unpaired) electrons. The summed E-state index contributed by atoms with van der Waals surface area (Å²) >= 11 is 1.33. The van der Waals surface area contributed by atoms with Crippen LogP contribution in [-0.2, 0) is 16.0 Å². The van der Waals surface area contributed by atoms with Crippen molar-refractivity contribution in [2.75, 3.05) is 26.1 Å². The smallest absolute Gasteiger partial charge is 0.259 e. The number of ether oxygens (including phenoxy) is 2. The molecule has 0 aliphatic rings. The Bertz CT molecular complexity index is 1490.